The molecule has 2 aromatic carbocycles. The lowest BCUT2D eigenvalue weighted by molar-refractivity contribution is -0.384. The maximum atomic E-state index is 10.6. The van der Waals surface area contributed by atoms with Crippen LogP contribution < -0.4 is 4.74 Å². The van der Waals surface area contributed by atoms with Gasteiger partial charge in [0.2, 0.25) is 0 Å². The largest absolute Gasteiger partial charge is 0.473 e. The molecule has 1 unspecified atom stereocenters. The number of hydrogen-bond acceptors (Lipinski definition) is 4. The Morgan fingerprint density at radius 3 is 2.50 bits per heavy atom. The third-order valence-corrected chi connectivity index (χ3v) is 3.87. The standard InChI is InChI=1S/C13H9NO3S/c15-14(16)10-7-5-9(6-8-10)13-17-11-3-1-2-4-12(11)18-13/h1-8,13H. The number of nitrogens with zero attached hydrogens (tertiary/aromatic N) is 1. The number of nitro groups is 1. The van der Waals surface area contributed by atoms with Crippen molar-refractivity contribution < 1.29 is 9.66 Å². The highest BCUT2D eigenvalue weighted by Crippen LogP contribution is 2.48. The average molecular weight is 259 g/mol. The molecule has 4 nitrogen and oxygen atoms in total. The lowest BCUT2D eigenvalue weighted by atomic mass is 10.2. The number of ether oxygens (including phenoxy) is 1. The van der Waals surface area contributed by atoms with Gasteiger partial charge in [-0.25, -0.2) is 0 Å². The first kappa shape index (κ1) is 11.1. The molecule has 1 heterocycles. The van der Waals surface area contributed by atoms with Gasteiger partial charge in [-0.1, -0.05) is 23.9 Å². The molecule has 0 fully saturated rings. The van der Waals surface area contributed by atoms with Gasteiger partial charge < -0.3 is 4.74 Å². The van der Waals surface area contributed by atoms with Crippen LogP contribution in [-0.4, -0.2) is 4.92 Å². The fourth-order valence-electron chi connectivity index (χ4n) is 1.79. The van der Waals surface area contributed by atoms with E-state index < -0.39 is 4.92 Å². The molecule has 2 aromatic rings. The highest BCUT2D eigenvalue weighted by Gasteiger charge is 2.25. The Labute approximate surface area is 108 Å². The monoisotopic (exact) mass is 259 g/mol. The molecule has 0 aliphatic carbocycles. The molecule has 0 aromatic heterocycles. The van der Waals surface area contributed by atoms with Gasteiger partial charge in [-0.15, -0.1) is 0 Å². The lowest BCUT2D eigenvalue weighted by Crippen LogP contribution is -1.98. The molecule has 0 saturated heterocycles. The number of thioether (sulfide) groups is 1. The minimum atomic E-state index is -0.402. The number of nitro benzene ring substituents is 1. The summed E-state index contributed by atoms with van der Waals surface area (Å²) in [5.74, 6) is 0.867. The predicted molar refractivity (Wildman–Crippen MR) is 68.8 cm³/mol. The van der Waals surface area contributed by atoms with Crippen LogP contribution >= 0.6 is 11.8 Å². The van der Waals surface area contributed by atoms with Gasteiger partial charge in [0.15, 0.2) is 5.44 Å². The van der Waals surface area contributed by atoms with E-state index in [1.807, 2.05) is 24.3 Å². The van der Waals surface area contributed by atoms with Gasteiger partial charge in [0.25, 0.3) is 5.69 Å². The molecule has 0 amide bonds. The van der Waals surface area contributed by atoms with E-state index in [2.05, 4.69) is 0 Å². The highest BCUT2D eigenvalue weighted by molar-refractivity contribution is 7.99. The average Bonchev–Trinajstić information content (AvgIpc) is 2.82. The van der Waals surface area contributed by atoms with E-state index in [0.29, 0.717) is 0 Å². The van der Waals surface area contributed by atoms with Crippen molar-refractivity contribution in [1.29, 1.82) is 0 Å². The number of hydrogen-bond donors (Lipinski definition) is 0. The normalized spacial score (nSPS) is 17.0. The molecule has 0 saturated carbocycles. The number of fused-ring (bicyclic) bond motifs is 1. The van der Waals surface area contributed by atoms with Crippen LogP contribution in [0.2, 0.25) is 0 Å². The number of non-ortho nitro benzene ring substituents is 1. The number of benzene rings is 2. The van der Waals surface area contributed by atoms with Crippen molar-refractivity contribution in [3.8, 4) is 5.75 Å². The van der Waals surface area contributed by atoms with Gasteiger partial charge in [0.1, 0.15) is 5.75 Å². The number of para-hydroxylation sites is 1. The van der Waals surface area contributed by atoms with Crippen molar-refractivity contribution in [2.75, 3.05) is 0 Å². The maximum absolute atomic E-state index is 10.6. The second kappa shape index (κ2) is 4.34. The summed E-state index contributed by atoms with van der Waals surface area (Å²) >= 11 is 1.61. The van der Waals surface area contributed by atoms with Crippen LogP contribution in [0.25, 0.3) is 0 Å². The van der Waals surface area contributed by atoms with Crippen molar-refractivity contribution in [3.63, 3.8) is 0 Å². The van der Waals surface area contributed by atoms with Gasteiger partial charge in [0.05, 0.1) is 9.82 Å². The minimum absolute atomic E-state index is 0.0965. The first-order valence-corrected chi connectivity index (χ1v) is 6.29. The molecular formula is C13H9NO3S. The molecule has 18 heavy (non-hydrogen) atoms. The van der Waals surface area contributed by atoms with Gasteiger partial charge >= 0.3 is 0 Å². The van der Waals surface area contributed by atoms with Crippen LogP contribution in [0.4, 0.5) is 5.69 Å². The smallest absolute Gasteiger partial charge is 0.269 e. The summed E-state index contributed by atoms with van der Waals surface area (Å²) in [7, 11) is 0. The molecule has 1 aliphatic heterocycles. The van der Waals surface area contributed by atoms with E-state index in [-0.39, 0.29) is 11.1 Å². The second-order valence-electron chi connectivity index (χ2n) is 3.86. The molecule has 0 bridgehead atoms. The SMILES string of the molecule is O=[N+]([O-])c1ccc(C2Oc3ccccc3S2)cc1. The van der Waals surface area contributed by atoms with Crippen LogP contribution in [0, 0.1) is 10.1 Å². The van der Waals surface area contributed by atoms with Gasteiger partial charge in [0, 0.05) is 17.7 Å². The Hall–Kier alpha value is -2.01. The highest BCUT2D eigenvalue weighted by atomic mass is 32.2. The molecule has 0 spiro atoms. The van der Waals surface area contributed by atoms with Gasteiger partial charge in [-0.2, -0.15) is 0 Å². The molecule has 0 N–H and O–H groups in total. The Morgan fingerprint density at radius 1 is 1.11 bits per heavy atom. The minimum Gasteiger partial charge on any atom is -0.473 e. The fourth-order valence-corrected chi connectivity index (χ4v) is 2.85. The predicted octanol–water partition coefficient (Wildman–Crippen LogP) is 3.78. The summed E-state index contributed by atoms with van der Waals surface area (Å²) in [5, 5.41) is 10.6. The van der Waals surface area contributed by atoms with E-state index >= 15 is 0 Å². The first-order chi connectivity index (χ1) is 8.74. The Kier molecular flexibility index (Phi) is 2.68. The van der Waals surface area contributed by atoms with Crippen molar-refractivity contribution in [3.05, 3.63) is 64.2 Å². The van der Waals surface area contributed by atoms with Crippen LogP contribution in [0.15, 0.2) is 53.4 Å². The molecule has 5 heteroatoms. The fraction of sp³-hybridized carbons (Fsp3) is 0.0769. The van der Waals surface area contributed by atoms with Crippen LogP contribution in [0.1, 0.15) is 11.0 Å². The van der Waals surface area contributed by atoms with E-state index in [0.717, 1.165) is 16.2 Å². The van der Waals surface area contributed by atoms with Crippen molar-refractivity contribution in [1.82, 2.24) is 0 Å². The Balaban J connectivity index is 1.84. The van der Waals surface area contributed by atoms with Crippen LogP contribution in [0.5, 0.6) is 5.75 Å². The van der Waals surface area contributed by atoms with E-state index in [9.17, 15) is 10.1 Å². The van der Waals surface area contributed by atoms with Crippen molar-refractivity contribution >= 4 is 17.4 Å². The van der Waals surface area contributed by atoms with E-state index in [1.165, 1.54) is 12.1 Å². The summed E-state index contributed by atoms with van der Waals surface area (Å²) in [6.45, 7) is 0. The summed E-state index contributed by atoms with van der Waals surface area (Å²) < 4.78 is 5.79. The number of rotatable bonds is 2. The van der Waals surface area contributed by atoms with Crippen LogP contribution in [-0.2, 0) is 0 Å². The molecule has 0 radical (unpaired) electrons. The maximum Gasteiger partial charge on any atom is 0.269 e. The van der Waals surface area contributed by atoms with Crippen LogP contribution in [0.3, 0.4) is 0 Å². The zero-order chi connectivity index (χ0) is 12.5. The second-order valence-corrected chi connectivity index (χ2v) is 4.97. The van der Waals surface area contributed by atoms with E-state index in [1.54, 1.807) is 23.9 Å². The molecular weight excluding hydrogens is 250 g/mol. The van der Waals surface area contributed by atoms with Gasteiger partial charge in [-0.05, 0) is 24.3 Å². The summed E-state index contributed by atoms with van der Waals surface area (Å²) in [4.78, 5) is 11.3. The summed E-state index contributed by atoms with van der Waals surface area (Å²) in [6.07, 6.45) is 0. The third-order valence-electron chi connectivity index (χ3n) is 2.69. The molecule has 1 atom stereocenters. The lowest BCUT2D eigenvalue weighted by Gasteiger charge is -2.09. The summed E-state index contributed by atoms with van der Waals surface area (Å²) in [6, 6.07) is 14.3. The zero-order valence-electron chi connectivity index (χ0n) is 9.28. The molecule has 1 aliphatic rings. The molecule has 90 valence electrons. The van der Waals surface area contributed by atoms with Gasteiger partial charge in [-0.3, -0.25) is 10.1 Å². The van der Waals surface area contributed by atoms with E-state index in [4.69, 9.17) is 4.74 Å². The first-order valence-electron chi connectivity index (χ1n) is 5.41. The zero-order valence-corrected chi connectivity index (χ0v) is 10.1. The Bertz CT molecular complexity index is 572. The van der Waals surface area contributed by atoms with Crippen molar-refractivity contribution in [2.45, 2.75) is 10.3 Å². The molecule has 3 rings (SSSR count). The Morgan fingerprint density at radius 2 is 1.83 bits per heavy atom. The summed E-state index contributed by atoms with van der Waals surface area (Å²) in [5.41, 5.74) is 0.907. The quantitative estimate of drug-likeness (QED) is 0.608. The van der Waals surface area contributed by atoms with Crippen molar-refractivity contribution in [2.24, 2.45) is 0 Å². The topological polar surface area (TPSA) is 52.4 Å². The third kappa shape index (κ3) is 1.93.